The number of nitrogens with zero attached hydrogens (tertiary/aromatic N) is 4. The van der Waals surface area contributed by atoms with E-state index in [0.29, 0.717) is 19.2 Å². The van der Waals surface area contributed by atoms with E-state index in [1.165, 1.54) is 30.9 Å². The molecule has 1 N–H and O–H groups in total. The Hall–Kier alpha value is -3.45. The first-order valence-corrected chi connectivity index (χ1v) is 11.1. The molecule has 7 nitrogen and oxygen atoms in total. The number of hydrogen-bond donors (Lipinski definition) is 1. The van der Waals surface area contributed by atoms with E-state index in [-0.39, 0.29) is 22.2 Å². The second-order valence-corrected chi connectivity index (χ2v) is 9.42. The molecule has 36 heavy (non-hydrogen) atoms. The lowest BCUT2D eigenvalue weighted by molar-refractivity contribution is -0.137. The van der Waals surface area contributed by atoms with Gasteiger partial charge in [-0.25, -0.2) is 4.39 Å². The van der Waals surface area contributed by atoms with Gasteiger partial charge in [-0.05, 0) is 63.4 Å². The Balaban J connectivity index is 1.67. The number of aliphatic hydroxyl groups excluding tert-OH is 1. The quantitative estimate of drug-likeness (QED) is 0.490. The van der Waals surface area contributed by atoms with Crippen molar-refractivity contribution in [1.82, 2.24) is 4.90 Å². The van der Waals surface area contributed by atoms with E-state index in [9.17, 15) is 27.5 Å². The van der Waals surface area contributed by atoms with Crippen LogP contribution in [0, 0.1) is 29.3 Å². The molecule has 1 amide bonds. The van der Waals surface area contributed by atoms with E-state index < -0.39 is 46.8 Å². The summed E-state index contributed by atoms with van der Waals surface area (Å²) in [5.74, 6) is -1.77. The second kappa shape index (κ2) is 8.89. The number of aliphatic hydroxyl groups is 1. The first kappa shape index (κ1) is 25.6. The summed E-state index contributed by atoms with van der Waals surface area (Å²) in [6.07, 6.45) is -6.31. The molecule has 2 atom stereocenters. The lowest BCUT2D eigenvalue weighted by Crippen LogP contribution is -2.44. The number of alkyl halides is 3. The third kappa shape index (κ3) is 4.32. The molecular weight excluding hydrogens is 500 g/mol. The van der Waals surface area contributed by atoms with Crippen LogP contribution in [0.3, 0.4) is 0 Å². The van der Waals surface area contributed by atoms with Gasteiger partial charge in [0.15, 0.2) is 10.9 Å². The summed E-state index contributed by atoms with van der Waals surface area (Å²) in [5, 5.41) is 18.9. The van der Waals surface area contributed by atoms with Crippen LogP contribution in [-0.2, 0) is 11.0 Å². The number of benzene rings is 1. The van der Waals surface area contributed by atoms with Crippen LogP contribution in [0.5, 0.6) is 5.75 Å². The maximum Gasteiger partial charge on any atom is 0.417 e. The molecule has 2 unspecified atom stereocenters. The van der Waals surface area contributed by atoms with Gasteiger partial charge in [-0.15, -0.1) is 0 Å². The minimum absolute atomic E-state index is 0.0134. The highest BCUT2D eigenvalue weighted by Gasteiger charge is 2.51. The number of likely N-dealkylation sites (tertiary alicyclic amines) is 1. The average molecular weight is 521 g/mol. The molecule has 0 aliphatic carbocycles. The van der Waals surface area contributed by atoms with Gasteiger partial charge in [0.1, 0.15) is 17.7 Å². The fourth-order valence-corrected chi connectivity index (χ4v) is 4.76. The Bertz CT molecular complexity index is 1280. The molecule has 0 aromatic heterocycles. The smallest absolute Gasteiger partial charge is 0.417 e. The van der Waals surface area contributed by atoms with Crippen molar-refractivity contribution >= 4 is 34.6 Å². The van der Waals surface area contributed by atoms with Crippen molar-refractivity contribution in [2.45, 2.75) is 37.8 Å². The number of halogens is 4. The summed E-state index contributed by atoms with van der Waals surface area (Å²) in [5.41, 5.74) is -3.39. The maximum absolute atomic E-state index is 14.9. The number of anilines is 2. The van der Waals surface area contributed by atoms with Crippen LogP contribution in [-0.4, -0.2) is 58.9 Å². The van der Waals surface area contributed by atoms with Crippen LogP contribution in [0.2, 0.25) is 0 Å². The van der Waals surface area contributed by atoms with Crippen molar-refractivity contribution in [1.29, 1.82) is 5.26 Å². The Morgan fingerprint density at radius 3 is 2.50 bits per heavy atom. The van der Waals surface area contributed by atoms with Crippen molar-refractivity contribution in [2.24, 2.45) is 0 Å². The zero-order chi connectivity index (χ0) is 26.6. The zero-order valence-electron chi connectivity index (χ0n) is 19.4. The van der Waals surface area contributed by atoms with E-state index in [4.69, 9.17) is 22.2 Å². The lowest BCUT2D eigenvalue weighted by atomic mass is 10.0. The summed E-state index contributed by atoms with van der Waals surface area (Å²) in [7, 11) is 1.78. The predicted molar refractivity (Wildman–Crippen MR) is 125 cm³/mol. The normalized spacial score (nSPS) is 22.1. The SMILES string of the molecule is CN1CC(O)C(Oc2c#cc(N3C(=S)N(c4ccc(C#N)c(C(F)(F)F)c4)C(=O)C3(C)C)cc2F)C1. The van der Waals surface area contributed by atoms with Crippen molar-refractivity contribution in [2.75, 3.05) is 29.9 Å². The molecule has 2 fully saturated rings. The molecule has 2 aliphatic heterocycles. The standard InChI is InChI=1S/C24H20F4N4O3S/c1-23(2)21(34)31(14-5-4-13(10-29)16(8-14)24(26,27)28)22(36)32(23)15-6-7-19(17(25)9-15)35-20-12-30(3)11-18(20)33/h4-5,8-9,18,20,33H,11-12H2,1-3H3. The van der Waals surface area contributed by atoms with Gasteiger partial charge < -0.3 is 9.84 Å². The Morgan fingerprint density at radius 2 is 1.94 bits per heavy atom. The van der Waals surface area contributed by atoms with Gasteiger partial charge >= 0.3 is 6.18 Å². The van der Waals surface area contributed by atoms with Gasteiger partial charge in [-0.2, -0.15) is 18.4 Å². The highest BCUT2D eigenvalue weighted by molar-refractivity contribution is 7.81. The molecule has 0 radical (unpaired) electrons. The van der Waals surface area contributed by atoms with Crippen LogP contribution in [0.15, 0.2) is 24.3 Å². The van der Waals surface area contributed by atoms with Gasteiger partial charge in [0.2, 0.25) is 5.75 Å². The number of thiocarbonyl (C=S) groups is 1. The zero-order valence-corrected chi connectivity index (χ0v) is 20.2. The van der Waals surface area contributed by atoms with Gasteiger partial charge in [-0.3, -0.25) is 19.5 Å². The number of β-amino-alcohol motifs (C(OH)–C–C–N with tert-alkyl or cyclic N) is 1. The van der Waals surface area contributed by atoms with E-state index in [1.54, 1.807) is 7.05 Å². The molecule has 2 heterocycles. The number of rotatable bonds is 4. The Kier molecular flexibility index (Phi) is 6.33. The molecule has 188 valence electrons. The van der Waals surface area contributed by atoms with Gasteiger partial charge in [0.05, 0.1) is 28.6 Å². The van der Waals surface area contributed by atoms with Gasteiger partial charge in [0, 0.05) is 19.2 Å². The summed E-state index contributed by atoms with van der Waals surface area (Å²) >= 11 is 5.43. The highest BCUT2D eigenvalue weighted by atomic mass is 32.1. The van der Waals surface area contributed by atoms with Crippen LogP contribution < -0.4 is 14.5 Å². The first-order valence-electron chi connectivity index (χ1n) is 10.7. The van der Waals surface area contributed by atoms with Crippen LogP contribution in [0.4, 0.5) is 28.9 Å². The maximum atomic E-state index is 14.9. The minimum atomic E-state index is -4.83. The van der Waals surface area contributed by atoms with Gasteiger partial charge in [0.25, 0.3) is 5.91 Å². The Morgan fingerprint density at radius 1 is 1.25 bits per heavy atom. The number of likely N-dealkylation sites (N-methyl/N-ethyl adjacent to an activating group) is 1. The summed E-state index contributed by atoms with van der Waals surface area (Å²) in [6, 6.07) is 10.6. The highest BCUT2D eigenvalue weighted by Crippen LogP contribution is 2.39. The van der Waals surface area contributed by atoms with Crippen LogP contribution >= 0.6 is 12.2 Å². The minimum Gasteiger partial charge on any atom is -0.476 e. The van der Waals surface area contributed by atoms with Crippen molar-refractivity contribution < 1.29 is 32.2 Å². The molecule has 2 aromatic carbocycles. The van der Waals surface area contributed by atoms with E-state index in [0.717, 1.165) is 17.0 Å². The number of carbonyl (C=O) groups excluding carboxylic acids is 1. The van der Waals surface area contributed by atoms with Crippen molar-refractivity contribution in [3.05, 3.63) is 53.3 Å². The second-order valence-electron chi connectivity index (χ2n) is 9.06. The molecule has 0 bridgehead atoms. The van der Waals surface area contributed by atoms with Crippen LogP contribution in [0.25, 0.3) is 0 Å². The fraction of sp³-hybridized carbons (Fsp3) is 0.375. The van der Waals surface area contributed by atoms with Crippen molar-refractivity contribution in [3.63, 3.8) is 0 Å². The number of nitriles is 1. The monoisotopic (exact) mass is 520 g/mol. The molecule has 2 aliphatic rings. The molecule has 0 spiro atoms. The Labute approximate surface area is 210 Å². The summed E-state index contributed by atoms with van der Waals surface area (Å²) in [4.78, 5) is 17.3. The third-order valence-electron chi connectivity index (χ3n) is 6.07. The predicted octanol–water partition coefficient (Wildman–Crippen LogP) is 3.29. The number of amides is 1. The molecule has 12 heteroatoms. The summed E-state index contributed by atoms with van der Waals surface area (Å²) < 4.78 is 61.0. The van der Waals surface area contributed by atoms with E-state index >= 15 is 0 Å². The topological polar surface area (TPSA) is 80.0 Å². The molecule has 0 saturated carbocycles. The fourth-order valence-electron chi connectivity index (χ4n) is 4.25. The third-order valence-corrected chi connectivity index (χ3v) is 6.43. The number of carbonyl (C=O) groups is 1. The summed E-state index contributed by atoms with van der Waals surface area (Å²) in [6.45, 7) is 3.72. The number of hydrogen-bond acceptors (Lipinski definition) is 6. The number of ether oxygens (including phenoxy) is 1. The molecule has 4 rings (SSSR count). The lowest BCUT2D eigenvalue weighted by Gasteiger charge is -2.28. The van der Waals surface area contributed by atoms with Gasteiger partial charge in [-0.1, -0.05) is 0 Å². The van der Waals surface area contributed by atoms with E-state index in [2.05, 4.69) is 12.1 Å². The average Bonchev–Trinajstić information content (AvgIpc) is 3.19. The molecular formula is C24H20F4N4O3S. The van der Waals surface area contributed by atoms with Crippen molar-refractivity contribution in [3.8, 4) is 11.8 Å². The first-order chi connectivity index (χ1) is 16.8. The molecule has 2 aromatic rings. The van der Waals surface area contributed by atoms with E-state index in [1.807, 2.05) is 4.90 Å². The largest absolute Gasteiger partial charge is 0.476 e. The molecule has 2 saturated heterocycles. The van der Waals surface area contributed by atoms with Crippen LogP contribution in [0.1, 0.15) is 25.0 Å².